The first-order valence-electron chi connectivity index (χ1n) is 4.91. The van der Waals surface area contributed by atoms with Crippen LogP contribution in [-0.4, -0.2) is 56.1 Å². The summed E-state index contributed by atoms with van der Waals surface area (Å²) in [6, 6.07) is 0. The van der Waals surface area contributed by atoms with Gasteiger partial charge in [0, 0.05) is 32.7 Å². The fraction of sp³-hybridized carbons (Fsp3) is 0.778. The van der Waals surface area contributed by atoms with Crippen LogP contribution in [0.15, 0.2) is 12.7 Å². The molecule has 14 heavy (non-hydrogen) atoms. The molecule has 0 aromatic heterocycles. The summed E-state index contributed by atoms with van der Waals surface area (Å²) >= 11 is 0. The fourth-order valence-electron chi connectivity index (χ4n) is 1.56. The van der Waals surface area contributed by atoms with Crippen molar-refractivity contribution in [1.82, 2.24) is 9.21 Å². The second-order valence-electron chi connectivity index (χ2n) is 3.39. The first kappa shape index (κ1) is 11.7. The maximum absolute atomic E-state index is 11.5. The first-order valence-corrected chi connectivity index (χ1v) is 6.52. The molecule has 1 saturated heterocycles. The van der Waals surface area contributed by atoms with Gasteiger partial charge < -0.3 is 0 Å². The van der Waals surface area contributed by atoms with Crippen LogP contribution in [0.4, 0.5) is 0 Å². The summed E-state index contributed by atoms with van der Waals surface area (Å²) in [5, 5.41) is 0. The Kier molecular flexibility index (Phi) is 4.10. The number of piperazine rings is 1. The number of hydrogen-bond donors (Lipinski definition) is 0. The Hall–Kier alpha value is -0.390. The number of rotatable bonds is 4. The highest BCUT2D eigenvalue weighted by Gasteiger charge is 2.24. The van der Waals surface area contributed by atoms with Crippen molar-refractivity contribution in [2.75, 3.05) is 38.5 Å². The minimum Gasteiger partial charge on any atom is -0.297 e. The molecule has 82 valence electrons. The van der Waals surface area contributed by atoms with E-state index in [-0.39, 0.29) is 5.75 Å². The molecule has 0 aliphatic carbocycles. The molecule has 0 spiro atoms. The molecule has 0 bridgehead atoms. The van der Waals surface area contributed by atoms with Crippen LogP contribution < -0.4 is 0 Å². The largest absolute Gasteiger partial charge is 0.297 e. The summed E-state index contributed by atoms with van der Waals surface area (Å²) < 4.78 is 24.6. The molecule has 0 saturated carbocycles. The maximum Gasteiger partial charge on any atom is 0.213 e. The van der Waals surface area contributed by atoms with Gasteiger partial charge in [0.1, 0.15) is 0 Å². The van der Waals surface area contributed by atoms with E-state index >= 15 is 0 Å². The molecule has 1 rings (SSSR count). The molecule has 0 N–H and O–H groups in total. The Balaban J connectivity index is 2.47. The van der Waals surface area contributed by atoms with Crippen molar-refractivity contribution in [3.63, 3.8) is 0 Å². The topological polar surface area (TPSA) is 40.6 Å². The zero-order valence-electron chi connectivity index (χ0n) is 8.65. The highest BCUT2D eigenvalue weighted by atomic mass is 32.2. The molecule has 0 atom stereocenters. The predicted molar refractivity (Wildman–Crippen MR) is 57.7 cm³/mol. The zero-order valence-corrected chi connectivity index (χ0v) is 9.46. The summed E-state index contributed by atoms with van der Waals surface area (Å²) in [4.78, 5) is 2.20. The van der Waals surface area contributed by atoms with Gasteiger partial charge in [-0.05, 0) is 6.92 Å². The lowest BCUT2D eigenvalue weighted by atomic mass is 10.3. The lowest BCUT2D eigenvalue weighted by Crippen LogP contribution is -2.48. The SMILES string of the molecule is C=CCN1CCN(S(=O)(=O)CC)CC1. The number of hydrogen-bond acceptors (Lipinski definition) is 3. The molecule has 1 fully saturated rings. The molecule has 0 radical (unpaired) electrons. The van der Waals surface area contributed by atoms with Crippen LogP contribution in [0.2, 0.25) is 0 Å². The van der Waals surface area contributed by atoms with E-state index in [0.717, 1.165) is 19.6 Å². The maximum atomic E-state index is 11.5. The third-order valence-electron chi connectivity index (χ3n) is 2.48. The van der Waals surface area contributed by atoms with E-state index in [1.165, 1.54) is 0 Å². The van der Waals surface area contributed by atoms with Crippen LogP contribution >= 0.6 is 0 Å². The van der Waals surface area contributed by atoms with Gasteiger partial charge in [0.2, 0.25) is 10.0 Å². The molecule has 0 amide bonds. The molecular weight excluding hydrogens is 200 g/mol. The monoisotopic (exact) mass is 218 g/mol. The summed E-state index contributed by atoms with van der Waals surface area (Å²) in [6.45, 7) is 9.05. The molecule has 1 aliphatic heterocycles. The van der Waals surface area contributed by atoms with Crippen molar-refractivity contribution in [2.24, 2.45) is 0 Å². The Bertz CT molecular complexity index is 279. The highest BCUT2D eigenvalue weighted by molar-refractivity contribution is 7.89. The molecule has 0 unspecified atom stereocenters. The van der Waals surface area contributed by atoms with Crippen LogP contribution in [0.25, 0.3) is 0 Å². The van der Waals surface area contributed by atoms with Crippen LogP contribution in [0.3, 0.4) is 0 Å². The van der Waals surface area contributed by atoms with Gasteiger partial charge in [0.25, 0.3) is 0 Å². The highest BCUT2D eigenvalue weighted by Crippen LogP contribution is 2.07. The molecule has 1 aliphatic rings. The van der Waals surface area contributed by atoms with E-state index in [1.54, 1.807) is 11.2 Å². The van der Waals surface area contributed by atoms with E-state index in [1.807, 2.05) is 6.08 Å². The van der Waals surface area contributed by atoms with Gasteiger partial charge in [-0.25, -0.2) is 8.42 Å². The summed E-state index contributed by atoms with van der Waals surface area (Å²) in [5.74, 6) is 0.203. The second-order valence-corrected chi connectivity index (χ2v) is 5.65. The smallest absolute Gasteiger partial charge is 0.213 e. The molecule has 4 nitrogen and oxygen atoms in total. The van der Waals surface area contributed by atoms with Gasteiger partial charge in [0.05, 0.1) is 5.75 Å². The summed E-state index contributed by atoms with van der Waals surface area (Å²) in [5.41, 5.74) is 0. The normalized spacial score (nSPS) is 20.9. The third kappa shape index (κ3) is 2.80. The van der Waals surface area contributed by atoms with Crippen LogP contribution in [0, 0.1) is 0 Å². The average Bonchev–Trinajstić information content (AvgIpc) is 2.19. The van der Waals surface area contributed by atoms with Gasteiger partial charge in [-0.1, -0.05) is 6.08 Å². The summed E-state index contributed by atoms with van der Waals surface area (Å²) in [6.07, 6.45) is 1.85. The van der Waals surface area contributed by atoms with Crippen molar-refractivity contribution < 1.29 is 8.42 Å². The third-order valence-corrected chi connectivity index (χ3v) is 4.36. The first-order chi connectivity index (χ1) is 6.60. The Morgan fingerprint density at radius 3 is 2.29 bits per heavy atom. The van der Waals surface area contributed by atoms with Crippen molar-refractivity contribution in [1.29, 1.82) is 0 Å². The fourth-order valence-corrected chi connectivity index (χ4v) is 2.64. The molecule has 0 aromatic rings. The van der Waals surface area contributed by atoms with Gasteiger partial charge in [-0.3, -0.25) is 4.90 Å². The van der Waals surface area contributed by atoms with Crippen molar-refractivity contribution >= 4 is 10.0 Å². The minimum absolute atomic E-state index is 0.203. The Morgan fingerprint density at radius 2 is 1.86 bits per heavy atom. The predicted octanol–water partition coefficient (Wildman–Crippen LogP) is 0.140. The van der Waals surface area contributed by atoms with Gasteiger partial charge in [0.15, 0.2) is 0 Å². The Labute approximate surface area is 86.2 Å². The van der Waals surface area contributed by atoms with Crippen molar-refractivity contribution in [2.45, 2.75) is 6.92 Å². The van der Waals surface area contributed by atoms with Crippen molar-refractivity contribution in [3.8, 4) is 0 Å². The number of nitrogens with zero attached hydrogens (tertiary/aromatic N) is 2. The van der Waals surface area contributed by atoms with Gasteiger partial charge in [-0.15, -0.1) is 6.58 Å². The van der Waals surface area contributed by atoms with Crippen LogP contribution in [-0.2, 0) is 10.0 Å². The van der Waals surface area contributed by atoms with Crippen LogP contribution in [0.5, 0.6) is 0 Å². The van der Waals surface area contributed by atoms with E-state index in [9.17, 15) is 8.42 Å². The average molecular weight is 218 g/mol. The molecule has 1 heterocycles. The second kappa shape index (κ2) is 4.91. The van der Waals surface area contributed by atoms with Gasteiger partial charge >= 0.3 is 0 Å². The molecule has 5 heteroatoms. The zero-order chi connectivity index (χ0) is 10.6. The molecular formula is C9H18N2O2S. The Morgan fingerprint density at radius 1 is 1.29 bits per heavy atom. The number of sulfonamides is 1. The van der Waals surface area contributed by atoms with E-state index in [2.05, 4.69) is 11.5 Å². The minimum atomic E-state index is -2.98. The van der Waals surface area contributed by atoms with E-state index in [0.29, 0.717) is 13.1 Å². The lowest BCUT2D eigenvalue weighted by molar-refractivity contribution is 0.204. The van der Waals surface area contributed by atoms with Crippen LogP contribution in [0.1, 0.15) is 6.92 Å². The quantitative estimate of drug-likeness (QED) is 0.630. The molecule has 0 aromatic carbocycles. The van der Waals surface area contributed by atoms with E-state index in [4.69, 9.17) is 0 Å². The van der Waals surface area contributed by atoms with Crippen molar-refractivity contribution in [3.05, 3.63) is 12.7 Å². The standard InChI is InChI=1S/C9H18N2O2S/c1-3-5-10-6-8-11(9-7-10)14(12,13)4-2/h3H,1,4-9H2,2H3. The van der Waals surface area contributed by atoms with Gasteiger partial charge in [-0.2, -0.15) is 4.31 Å². The lowest BCUT2D eigenvalue weighted by Gasteiger charge is -2.33. The van der Waals surface area contributed by atoms with E-state index < -0.39 is 10.0 Å². The summed E-state index contributed by atoms with van der Waals surface area (Å²) in [7, 11) is -2.98.